The Morgan fingerprint density at radius 2 is 2.13 bits per heavy atom. The van der Waals surface area contributed by atoms with Crippen molar-refractivity contribution in [1.82, 2.24) is 30.5 Å². The first-order valence-electron chi connectivity index (χ1n) is 7.49. The van der Waals surface area contributed by atoms with Gasteiger partial charge in [-0.1, -0.05) is 23.4 Å². The molecule has 0 saturated heterocycles. The molecule has 1 amide bonds. The van der Waals surface area contributed by atoms with Crippen LogP contribution in [-0.2, 0) is 6.42 Å². The molecule has 7 heteroatoms. The Morgan fingerprint density at radius 3 is 2.87 bits per heavy atom. The molecule has 0 aliphatic carbocycles. The normalized spacial score (nSPS) is 10.7. The van der Waals surface area contributed by atoms with Crippen molar-refractivity contribution in [3.8, 4) is 5.69 Å². The second-order valence-corrected chi connectivity index (χ2v) is 5.26. The molecule has 2 N–H and O–H groups in total. The second-order valence-electron chi connectivity index (χ2n) is 5.26. The lowest BCUT2D eigenvalue weighted by Crippen LogP contribution is -2.25. The smallest absolute Gasteiger partial charge is 0.273 e. The number of aromatic nitrogens is 5. The maximum Gasteiger partial charge on any atom is 0.273 e. The van der Waals surface area contributed by atoms with E-state index >= 15 is 0 Å². The molecule has 0 atom stereocenters. The largest absolute Gasteiger partial charge is 0.351 e. The van der Waals surface area contributed by atoms with Gasteiger partial charge < -0.3 is 5.32 Å². The van der Waals surface area contributed by atoms with E-state index in [1.807, 2.05) is 43.5 Å². The first-order valence-corrected chi connectivity index (χ1v) is 7.49. The van der Waals surface area contributed by atoms with E-state index in [4.69, 9.17) is 0 Å². The number of aryl methyl sites for hydroxylation is 2. The van der Waals surface area contributed by atoms with E-state index in [2.05, 4.69) is 25.8 Å². The summed E-state index contributed by atoms with van der Waals surface area (Å²) >= 11 is 0. The Hall–Kier alpha value is -2.96. The standard InChI is InChI=1S/C16H18N6O/c1-12-13(10-18-19-12)6-5-9-17-16(23)15-11-22(21-20-15)14-7-3-2-4-8-14/h2-4,7-8,10-11H,5-6,9H2,1H3,(H,17,23)(H,18,19). The van der Waals surface area contributed by atoms with Crippen molar-refractivity contribution in [3.63, 3.8) is 0 Å². The molecule has 0 aliphatic rings. The fourth-order valence-electron chi connectivity index (χ4n) is 2.27. The molecule has 0 radical (unpaired) electrons. The van der Waals surface area contributed by atoms with E-state index in [-0.39, 0.29) is 5.91 Å². The number of para-hydroxylation sites is 1. The predicted octanol–water partition coefficient (Wildman–Crippen LogP) is 1.66. The monoisotopic (exact) mass is 310 g/mol. The minimum atomic E-state index is -0.212. The van der Waals surface area contributed by atoms with Crippen LogP contribution in [0.3, 0.4) is 0 Å². The van der Waals surface area contributed by atoms with Crippen molar-refractivity contribution >= 4 is 5.91 Å². The van der Waals surface area contributed by atoms with Crippen LogP contribution in [0.5, 0.6) is 0 Å². The maximum atomic E-state index is 12.1. The quantitative estimate of drug-likeness (QED) is 0.678. The molecule has 118 valence electrons. The highest BCUT2D eigenvalue weighted by atomic mass is 16.2. The third-order valence-corrected chi connectivity index (χ3v) is 3.59. The van der Waals surface area contributed by atoms with E-state index in [0.717, 1.165) is 24.2 Å². The Morgan fingerprint density at radius 1 is 1.30 bits per heavy atom. The summed E-state index contributed by atoms with van der Waals surface area (Å²) in [5.41, 5.74) is 3.43. The summed E-state index contributed by atoms with van der Waals surface area (Å²) < 4.78 is 1.59. The molecular formula is C16H18N6O. The number of hydrogen-bond donors (Lipinski definition) is 2. The lowest BCUT2D eigenvalue weighted by atomic mass is 10.1. The molecule has 0 unspecified atom stereocenters. The number of nitrogens with one attached hydrogen (secondary N) is 2. The van der Waals surface area contributed by atoms with Gasteiger partial charge in [0.25, 0.3) is 5.91 Å². The third kappa shape index (κ3) is 3.63. The predicted molar refractivity (Wildman–Crippen MR) is 85.3 cm³/mol. The van der Waals surface area contributed by atoms with Crippen LogP contribution in [0.2, 0.25) is 0 Å². The van der Waals surface area contributed by atoms with Gasteiger partial charge >= 0.3 is 0 Å². The van der Waals surface area contributed by atoms with Gasteiger partial charge in [-0.15, -0.1) is 5.10 Å². The summed E-state index contributed by atoms with van der Waals surface area (Å²) in [5.74, 6) is -0.212. The molecule has 23 heavy (non-hydrogen) atoms. The molecule has 3 aromatic rings. The first kappa shape index (κ1) is 15.0. The molecule has 0 fully saturated rings. The minimum absolute atomic E-state index is 0.212. The molecule has 1 aromatic carbocycles. The van der Waals surface area contributed by atoms with Gasteiger partial charge in [-0.25, -0.2) is 4.68 Å². The molecule has 0 aliphatic heterocycles. The molecular weight excluding hydrogens is 292 g/mol. The van der Waals surface area contributed by atoms with Crippen molar-refractivity contribution in [1.29, 1.82) is 0 Å². The summed E-state index contributed by atoms with van der Waals surface area (Å²) in [6.07, 6.45) is 5.17. The Bertz CT molecular complexity index is 777. The van der Waals surface area contributed by atoms with E-state index in [1.165, 1.54) is 5.56 Å². The van der Waals surface area contributed by atoms with Crippen molar-refractivity contribution in [3.05, 3.63) is 59.7 Å². The number of rotatable bonds is 6. The van der Waals surface area contributed by atoms with Crippen molar-refractivity contribution < 1.29 is 4.79 Å². The van der Waals surface area contributed by atoms with Gasteiger partial charge in [-0.05, 0) is 37.5 Å². The van der Waals surface area contributed by atoms with Crippen LogP contribution < -0.4 is 5.32 Å². The van der Waals surface area contributed by atoms with Crippen LogP contribution in [0.4, 0.5) is 0 Å². The van der Waals surface area contributed by atoms with Crippen molar-refractivity contribution in [2.45, 2.75) is 19.8 Å². The number of aromatic amines is 1. The van der Waals surface area contributed by atoms with Gasteiger partial charge in [0, 0.05) is 12.2 Å². The van der Waals surface area contributed by atoms with Crippen LogP contribution in [-0.4, -0.2) is 37.6 Å². The van der Waals surface area contributed by atoms with Crippen LogP contribution in [0, 0.1) is 6.92 Å². The summed E-state index contributed by atoms with van der Waals surface area (Å²) in [6, 6.07) is 9.56. The Kier molecular flexibility index (Phi) is 4.46. The molecule has 2 heterocycles. The fraction of sp³-hybridized carbons (Fsp3) is 0.250. The van der Waals surface area contributed by atoms with Crippen molar-refractivity contribution in [2.24, 2.45) is 0 Å². The van der Waals surface area contributed by atoms with Gasteiger partial charge in [0.1, 0.15) is 0 Å². The molecule has 2 aromatic heterocycles. The summed E-state index contributed by atoms with van der Waals surface area (Å²) in [5, 5.41) is 17.6. The van der Waals surface area contributed by atoms with Gasteiger partial charge in [-0.3, -0.25) is 9.89 Å². The molecule has 0 saturated carbocycles. The number of amides is 1. The van der Waals surface area contributed by atoms with E-state index < -0.39 is 0 Å². The molecule has 0 spiro atoms. The number of H-pyrrole nitrogens is 1. The average Bonchev–Trinajstić information content (AvgIpc) is 3.22. The maximum absolute atomic E-state index is 12.1. The van der Waals surface area contributed by atoms with Crippen LogP contribution in [0.25, 0.3) is 5.69 Å². The topological polar surface area (TPSA) is 88.5 Å². The lowest BCUT2D eigenvalue weighted by molar-refractivity contribution is 0.0948. The highest BCUT2D eigenvalue weighted by molar-refractivity contribution is 5.91. The number of benzene rings is 1. The highest BCUT2D eigenvalue weighted by Gasteiger charge is 2.11. The fourth-order valence-corrected chi connectivity index (χ4v) is 2.27. The number of hydrogen-bond acceptors (Lipinski definition) is 4. The number of nitrogens with zero attached hydrogens (tertiary/aromatic N) is 4. The number of carbonyl (C=O) groups is 1. The first-order chi connectivity index (χ1) is 11.2. The van der Waals surface area contributed by atoms with Gasteiger partial charge in [0.15, 0.2) is 5.69 Å². The van der Waals surface area contributed by atoms with Crippen LogP contribution in [0.15, 0.2) is 42.7 Å². The van der Waals surface area contributed by atoms with Gasteiger partial charge in [-0.2, -0.15) is 5.10 Å². The molecule has 7 nitrogen and oxygen atoms in total. The zero-order valence-electron chi connectivity index (χ0n) is 12.9. The lowest BCUT2D eigenvalue weighted by Gasteiger charge is -2.02. The third-order valence-electron chi connectivity index (χ3n) is 3.59. The number of carbonyl (C=O) groups excluding carboxylic acids is 1. The SMILES string of the molecule is Cc1[nH]ncc1CCCNC(=O)c1cn(-c2ccccc2)nn1. The zero-order chi connectivity index (χ0) is 16.1. The van der Waals surface area contributed by atoms with Gasteiger partial charge in [0.05, 0.1) is 18.1 Å². The van der Waals surface area contributed by atoms with E-state index in [0.29, 0.717) is 12.2 Å². The van der Waals surface area contributed by atoms with Crippen LogP contribution in [0.1, 0.15) is 28.2 Å². The average molecular weight is 310 g/mol. The second kappa shape index (κ2) is 6.87. The zero-order valence-corrected chi connectivity index (χ0v) is 12.9. The van der Waals surface area contributed by atoms with E-state index in [1.54, 1.807) is 10.9 Å². The van der Waals surface area contributed by atoms with Gasteiger partial charge in [0.2, 0.25) is 0 Å². The molecule has 0 bridgehead atoms. The van der Waals surface area contributed by atoms with E-state index in [9.17, 15) is 4.79 Å². The van der Waals surface area contributed by atoms with Crippen molar-refractivity contribution in [2.75, 3.05) is 6.54 Å². The summed E-state index contributed by atoms with van der Waals surface area (Å²) in [7, 11) is 0. The Labute approximate surface area is 133 Å². The molecule has 3 rings (SSSR count). The highest BCUT2D eigenvalue weighted by Crippen LogP contribution is 2.07. The summed E-state index contributed by atoms with van der Waals surface area (Å²) in [6.45, 7) is 2.57. The Balaban J connectivity index is 1.51. The summed E-state index contributed by atoms with van der Waals surface area (Å²) in [4.78, 5) is 12.1. The van der Waals surface area contributed by atoms with Crippen LogP contribution >= 0.6 is 0 Å². The minimum Gasteiger partial charge on any atom is -0.351 e.